The zero-order valence-corrected chi connectivity index (χ0v) is 12.2. The number of hydrogen-bond donors (Lipinski definition) is 3. The van der Waals surface area contributed by atoms with Crippen LogP contribution < -0.4 is 10.6 Å². The summed E-state index contributed by atoms with van der Waals surface area (Å²) in [5, 5.41) is 15.0. The van der Waals surface area contributed by atoms with E-state index >= 15 is 0 Å². The number of carbonyl (C=O) groups excluding carboxylic acids is 1. The molecule has 2 rings (SSSR count). The van der Waals surface area contributed by atoms with E-state index in [2.05, 4.69) is 15.6 Å². The Hall–Kier alpha value is -2.56. The molecule has 0 saturated heterocycles. The van der Waals surface area contributed by atoms with Crippen molar-refractivity contribution in [3.63, 3.8) is 0 Å². The molecule has 0 atom stereocenters. The van der Waals surface area contributed by atoms with Gasteiger partial charge in [-0.05, 0) is 43.2 Å². The molecule has 5 nitrogen and oxygen atoms in total. The quantitative estimate of drug-likeness (QED) is 0.786. The van der Waals surface area contributed by atoms with Gasteiger partial charge in [0.25, 0.3) is 5.91 Å². The Morgan fingerprint density at radius 1 is 1.24 bits per heavy atom. The summed E-state index contributed by atoms with van der Waals surface area (Å²) < 4.78 is 0. The first-order valence-corrected chi connectivity index (χ1v) is 6.81. The summed E-state index contributed by atoms with van der Waals surface area (Å²) in [6.45, 7) is 2.40. The summed E-state index contributed by atoms with van der Waals surface area (Å²) in [5.74, 6) is 0.809. The van der Waals surface area contributed by atoms with Crippen LogP contribution in [0.1, 0.15) is 21.6 Å². The molecule has 0 aliphatic heterocycles. The first-order valence-electron chi connectivity index (χ1n) is 6.81. The number of hydrogen-bond acceptors (Lipinski definition) is 4. The lowest BCUT2D eigenvalue weighted by Crippen LogP contribution is -2.26. The van der Waals surface area contributed by atoms with Crippen LogP contribution in [0.15, 0.2) is 36.4 Å². The number of phenolic OH excluding ortho intramolecular Hbond substituents is 1. The number of amides is 1. The van der Waals surface area contributed by atoms with Crippen molar-refractivity contribution in [1.82, 2.24) is 10.3 Å². The van der Waals surface area contributed by atoms with E-state index in [0.717, 1.165) is 17.7 Å². The topological polar surface area (TPSA) is 74.2 Å². The number of nitrogens with one attached hydrogen (secondary N) is 2. The maximum absolute atomic E-state index is 12.1. The van der Waals surface area contributed by atoms with Crippen molar-refractivity contribution in [2.45, 2.75) is 13.3 Å². The van der Waals surface area contributed by atoms with Crippen LogP contribution in [-0.2, 0) is 6.42 Å². The van der Waals surface area contributed by atoms with Crippen LogP contribution in [-0.4, -0.2) is 29.6 Å². The monoisotopic (exact) mass is 285 g/mol. The summed E-state index contributed by atoms with van der Waals surface area (Å²) in [7, 11) is 1.77. The fourth-order valence-electron chi connectivity index (χ4n) is 2.01. The number of aromatic hydroxyl groups is 1. The third kappa shape index (κ3) is 4.21. The minimum Gasteiger partial charge on any atom is -0.508 e. The van der Waals surface area contributed by atoms with Crippen LogP contribution in [0.3, 0.4) is 0 Å². The predicted molar refractivity (Wildman–Crippen MR) is 82.7 cm³/mol. The molecule has 1 aromatic carbocycles. The van der Waals surface area contributed by atoms with Crippen molar-refractivity contribution in [1.29, 1.82) is 0 Å². The van der Waals surface area contributed by atoms with E-state index in [-0.39, 0.29) is 11.7 Å². The van der Waals surface area contributed by atoms with Crippen molar-refractivity contribution in [2.75, 3.05) is 18.9 Å². The number of benzene rings is 1. The number of rotatable bonds is 5. The fraction of sp³-hybridized carbons (Fsp3) is 0.250. The summed E-state index contributed by atoms with van der Waals surface area (Å²) in [6, 6.07) is 10.5. The summed E-state index contributed by atoms with van der Waals surface area (Å²) in [5.41, 5.74) is 2.46. The molecule has 0 aliphatic carbocycles. The first kappa shape index (κ1) is 14.8. The highest BCUT2D eigenvalue weighted by molar-refractivity contribution is 5.95. The Bertz CT molecular complexity index is 624. The number of aromatic nitrogens is 1. The molecular formula is C16H19N3O2. The molecule has 1 aromatic heterocycles. The van der Waals surface area contributed by atoms with Gasteiger partial charge in [0.05, 0.1) is 0 Å². The van der Waals surface area contributed by atoms with Gasteiger partial charge in [-0.1, -0.05) is 12.1 Å². The van der Waals surface area contributed by atoms with Gasteiger partial charge >= 0.3 is 0 Å². The number of pyridine rings is 1. The highest BCUT2D eigenvalue weighted by atomic mass is 16.3. The second-order valence-corrected chi connectivity index (χ2v) is 4.80. The summed E-state index contributed by atoms with van der Waals surface area (Å²) in [4.78, 5) is 16.4. The van der Waals surface area contributed by atoms with Gasteiger partial charge in [0.2, 0.25) is 0 Å². The van der Waals surface area contributed by atoms with Crippen LogP contribution in [0.2, 0.25) is 0 Å². The van der Waals surface area contributed by atoms with Crippen molar-refractivity contribution < 1.29 is 9.90 Å². The average molecular weight is 285 g/mol. The summed E-state index contributed by atoms with van der Waals surface area (Å²) >= 11 is 0. The zero-order chi connectivity index (χ0) is 15.2. The lowest BCUT2D eigenvalue weighted by Gasteiger charge is -2.08. The number of anilines is 1. The van der Waals surface area contributed by atoms with Gasteiger partial charge in [-0.25, -0.2) is 4.98 Å². The molecule has 0 radical (unpaired) electrons. The molecule has 2 aromatic rings. The number of carbonyl (C=O) groups is 1. The van der Waals surface area contributed by atoms with Crippen LogP contribution in [0, 0.1) is 6.92 Å². The number of phenols is 1. The van der Waals surface area contributed by atoms with Gasteiger partial charge in [0, 0.05) is 24.8 Å². The molecule has 21 heavy (non-hydrogen) atoms. The van der Waals surface area contributed by atoms with Crippen LogP contribution >= 0.6 is 0 Å². The van der Waals surface area contributed by atoms with Gasteiger partial charge in [0.15, 0.2) is 0 Å². The molecule has 1 amide bonds. The largest absolute Gasteiger partial charge is 0.508 e. The highest BCUT2D eigenvalue weighted by Gasteiger charge is 2.07. The minimum absolute atomic E-state index is 0.115. The third-order valence-corrected chi connectivity index (χ3v) is 3.11. The zero-order valence-electron chi connectivity index (χ0n) is 12.2. The molecular weight excluding hydrogens is 266 g/mol. The Morgan fingerprint density at radius 2 is 1.95 bits per heavy atom. The average Bonchev–Trinajstić information content (AvgIpc) is 2.48. The summed E-state index contributed by atoms with van der Waals surface area (Å²) in [6.07, 6.45) is 0.717. The van der Waals surface area contributed by atoms with Crippen LogP contribution in [0.25, 0.3) is 0 Å². The molecule has 3 N–H and O–H groups in total. The maximum Gasteiger partial charge on any atom is 0.251 e. The minimum atomic E-state index is -0.115. The normalized spacial score (nSPS) is 10.2. The SMILES string of the molecule is CNc1cc(C(=O)NCCc2ccc(O)cc2)cc(C)n1. The Kier molecular flexibility index (Phi) is 4.77. The molecule has 1 heterocycles. The highest BCUT2D eigenvalue weighted by Crippen LogP contribution is 2.11. The number of aryl methyl sites for hydroxylation is 1. The van der Waals surface area contributed by atoms with Crippen molar-refractivity contribution in [3.8, 4) is 5.75 Å². The van der Waals surface area contributed by atoms with E-state index in [1.165, 1.54) is 0 Å². The second kappa shape index (κ2) is 6.74. The van der Waals surface area contributed by atoms with Crippen molar-refractivity contribution >= 4 is 11.7 Å². The van der Waals surface area contributed by atoms with Crippen molar-refractivity contribution in [2.24, 2.45) is 0 Å². The van der Waals surface area contributed by atoms with Gasteiger partial charge in [-0.2, -0.15) is 0 Å². The lowest BCUT2D eigenvalue weighted by atomic mass is 10.1. The molecule has 110 valence electrons. The van der Waals surface area contributed by atoms with E-state index in [1.54, 1.807) is 31.3 Å². The molecule has 0 saturated carbocycles. The molecule has 0 bridgehead atoms. The van der Waals surface area contributed by atoms with Gasteiger partial charge in [-0.3, -0.25) is 4.79 Å². The van der Waals surface area contributed by atoms with E-state index in [4.69, 9.17) is 0 Å². The molecule has 0 unspecified atom stereocenters. The van der Waals surface area contributed by atoms with E-state index < -0.39 is 0 Å². The Labute approximate surface area is 124 Å². The smallest absolute Gasteiger partial charge is 0.251 e. The van der Waals surface area contributed by atoms with Crippen molar-refractivity contribution in [3.05, 3.63) is 53.2 Å². The van der Waals surface area contributed by atoms with Crippen LogP contribution in [0.5, 0.6) is 5.75 Å². The van der Waals surface area contributed by atoms with Gasteiger partial charge < -0.3 is 15.7 Å². The standard InChI is InChI=1S/C16H19N3O2/c1-11-9-13(10-15(17-2)19-11)16(21)18-8-7-12-3-5-14(20)6-4-12/h3-6,9-10,20H,7-8H2,1-2H3,(H,17,19)(H,18,21). The lowest BCUT2D eigenvalue weighted by molar-refractivity contribution is 0.0954. The van der Waals surface area contributed by atoms with E-state index in [9.17, 15) is 9.90 Å². The van der Waals surface area contributed by atoms with Gasteiger partial charge in [0.1, 0.15) is 11.6 Å². The van der Waals surface area contributed by atoms with Crippen LogP contribution in [0.4, 0.5) is 5.82 Å². The first-order chi connectivity index (χ1) is 10.1. The van der Waals surface area contributed by atoms with E-state index in [0.29, 0.717) is 17.9 Å². The fourth-order valence-corrected chi connectivity index (χ4v) is 2.01. The molecule has 0 aliphatic rings. The maximum atomic E-state index is 12.1. The predicted octanol–water partition coefficient (Wildman–Crippen LogP) is 2.11. The number of nitrogens with zero attached hydrogens (tertiary/aromatic N) is 1. The third-order valence-electron chi connectivity index (χ3n) is 3.11. The molecule has 0 spiro atoms. The van der Waals surface area contributed by atoms with E-state index in [1.807, 2.05) is 19.1 Å². The molecule has 0 fully saturated rings. The second-order valence-electron chi connectivity index (χ2n) is 4.80. The Morgan fingerprint density at radius 3 is 2.62 bits per heavy atom. The Balaban J connectivity index is 1.92. The molecule has 5 heteroatoms. The van der Waals surface area contributed by atoms with Gasteiger partial charge in [-0.15, -0.1) is 0 Å².